The molecule has 0 saturated carbocycles. The van der Waals surface area contributed by atoms with Gasteiger partial charge in [0.15, 0.2) is 11.6 Å². The number of hydrogen-bond acceptors (Lipinski definition) is 2. The van der Waals surface area contributed by atoms with Crippen LogP contribution in [0.25, 0.3) is 21.2 Å². The van der Waals surface area contributed by atoms with Gasteiger partial charge in [-0.2, -0.15) is 0 Å². The van der Waals surface area contributed by atoms with Gasteiger partial charge in [-0.25, -0.2) is 22.4 Å². The van der Waals surface area contributed by atoms with Gasteiger partial charge in [0.2, 0.25) is 0 Å². The first-order chi connectivity index (χ1) is 10.4. The Kier molecular flexibility index (Phi) is 3.37. The topological polar surface area (TPSA) is 37.3 Å². The van der Waals surface area contributed by atoms with Crippen LogP contribution in [0.2, 0.25) is 0 Å². The van der Waals surface area contributed by atoms with Crippen molar-refractivity contribution in [3.63, 3.8) is 0 Å². The fourth-order valence-electron chi connectivity index (χ4n) is 2.20. The molecular weight excluding hydrogens is 320 g/mol. The van der Waals surface area contributed by atoms with Crippen LogP contribution in [0.3, 0.4) is 0 Å². The molecule has 1 heterocycles. The van der Waals surface area contributed by atoms with Gasteiger partial charge in [-0.3, -0.25) is 0 Å². The van der Waals surface area contributed by atoms with Gasteiger partial charge in [0, 0.05) is 27.3 Å². The van der Waals surface area contributed by atoms with E-state index in [9.17, 15) is 27.5 Å². The molecule has 0 aliphatic carbocycles. The maximum Gasteiger partial charge on any atom is 0.346 e. The van der Waals surface area contributed by atoms with E-state index in [1.807, 2.05) is 0 Å². The number of thiophene rings is 1. The molecule has 0 atom stereocenters. The van der Waals surface area contributed by atoms with Crippen LogP contribution in [0.1, 0.15) is 9.67 Å². The van der Waals surface area contributed by atoms with Crippen molar-refractivity contribution in [2.45, 2.75) is 0 Å². The first-order valence-electron chi connectivity index (χ1n) is 5.98. The maximum atomic E-state index is 14.0. The number of halogens is 4. The highest BCUT2D eigenvalue weighted by molar-refractivity contribution is 7.21. The van der Waals surface area contributed by atoms with E-state index in [1.54, 1.807) is 0 Å². The van der Waals surface area contributed by atoms with Crippen LogP contribution in [0, 0.1) is 23.3 Å². The Balaban J connectivity index is 2.41. The van der Waals surface area contributed by atoms with Gasteiger partial charge in [-0.05, 0) is 24.3 Å². The molecule has 0 amide bonds. The van der Waals surface area contributed by atoms with Crippen LogP contribution in [-0.2, 0) is 0 Å². The molecule has 1 aromatic heterocycles. The number of carboxylic acids is 1. The van der Waals surface area contributed by atoms with Crippen molar-refractivity contribution in [2.24, 2.45) is 0 Å². The predicted molar refractivity (Wildman–Crippen MR) is 74.1 cm³/mol. The van der Waals surface area contributed by atoms with Gasteiger partial charge < -0.3 is 5.11 Å². The Morgan fingerprint density at radius 1 is 0.955 bits per heavy atom. The SMILES string of the molecule is O=C(O)c1sc2cc(F)ccc2c1-c1cc(F)c(F)cc1F. The van der Waals surface area contributed by atoms with Crippen molar-refractivity contribution >= 4 is 27.4 Å². The monoisotopic (exact) mass is 326 g/mol. The minimum absolute atomic E-state index is 0.0936. The summed E-state index contributed by atoms with van der Waals surface area (Å²) in [6.07, 6.45) is 0. The molecule has 0 radical (unpaired) electrons. The highest BCUT2D eigenvalue weighted by Gasteiger charge is 2.23. The molecule has 3 aromatic rings. The van der Waals surface area contributed by atoms with Crippen molar-refractivity contribution in [1.29, 1.82) is 0 Å². The fraction of sp³-hybridized carbons (Fsp3) is 0. The second-order valence-corrected chi connectivity index (χ2v) is 5.55. The summed E-state index contributed by atoms with van der Waals surface area (Å²) in [6.45, 7) is 0. The Morgan fingerprint density at radius 3 is 2.32 bits per heavy atom. The molecule has 0 fully saturated rings. The highest BCUT2D eigenvalue weighted by atomic mass is 32.1. The fourth-order valence-corrected chi connectivity index (χ4v) is 3.28. The predicted octanol–water partition coefficient (Wildman–Crippen LogP) is 4.82. The molecular formula is C15H6F4O2S. The zero-order valence-corrected chi connectivity index (χ0v) is 11.5. The molecule has 0 saturated heterocycles. The molecule has 0 unspecified atom stereocenters. The van der Waals surface area contributed by atoms with Crippen molar-refractivity contribution in [3.05, 3.63) is 58.5 Å². The number of rotatable bonds is 2. The lowest BCUT2D eigenvalue weighted by Crippen LogP contribution is -1.98. The van der Waals surface area contributed by atoms with Gasteiger partial charge in [-0.1, -0.05) is 0 Å². The van der Waals surface area contributed by atoms with Gasteiger partial charge >= 0.3 is 5.97 Å². The summed E-state index contributed by atoms with van der Waals surface area (Å²) in [7, 11) is 0. The van der Waals surface area contributed by atoms with Crippen molar-refractivity contribution < 1.29 is 27.5 Å². The summed E-state index contributed by atoms with van der Waals surface area (Å²) < 4.78 is 54.0. The lowest BCUT2D eigenvalue weighted by atomic mass is 10.0. The van der Waals surface area contributed by atoms with Crippen LogP contribution in [0.5, 0.6) is 0 Å². The average molecular weight is 326 g/mol. The molecule has 0 spiro atoms. The van der Waals surface area contributed by atoms with E-state index in [1.165, 1.54) is 6.07 Å². The zero-order valence-electron chi connectivity index (χ0n) is 10.7. The first kappa shape index (κ1) is 14.5. The molecule has 22 heavy (non-hydrogen) atoms. The summed E-state index contributed by atoms with van der Waals surface area (Å²) >= 11 is 0.737. The van der Waals surface area contributed by atoms with Gasteiger partial charge in [0.1, 0.15) is 16.5 Å². The largest absolute Gasteiger partial charge is 0.477 e. The minimum Gasteiger partial charge on any atom is -0.477 e. The van der Waals surface area contributed by atoms with E-state index in [2.05, 4.69) is 0 Å². The lowest BCUT2D eigenvalue weighted by molar-refractivity contribution is 0.0703. The number of carbonyl (C=O) groups is 1. The summed E-state index contributed by atoms with van der Waals surface area (Å²) in [5, 5.41) is 9.50. The minimum atomic E-state index is -1.37. The van der Waals surface area contributed by atoms with E-state index in [4.69, 9.17) is 0 Å². The smallest absolute Gasteiger partial charge is 0.346 e. The quantitative estimate of drug-likeness (QED) is 0.541. The molecule has 0 aliphatic heterocycles. The summed E-state index contributed by atoms with van der Waals surface area (Å²) in [4.78, 5) is 11.1. The third-order valence-corrected chi connectivity index (χ3v) is 4.27. The molecule has 0 aliphatic rings. The molecule has 0 bridgehead atoms. The molecule has 2 aromatic carbocycles. The van der Waals surface area contributed by atoms with Crippen LogP contribution >= 0.6 is 11.3 Å². The third kappa shape index (κ3) is 2.23. The number of fused-ring (bicyclic) bond motifs is 1. The van der Waals surface area contributed by atoms with Gasteiger partial charge in [-0.15, -0.1) is 11.3 Å². The number of aromatic carboxylic acids is 1. The third-order valence-electron chi connectivity index (χ3n) is 3.13. The number of benzene rings is 2. The highest BCUT2D eigenvalue weighted by Crippen LogP contribution is 2.40. The summed E-state index contributed by atoms with van der Waals surface area (Å²) in [6, 6.07) is 4.42. The number of hydrogen-bond donors (Lipinski definition) is 1. The van der Waals surface area contributed by atoms with Crippen LogP contribution in [0.4, 0.5) is 17.6 Å². The van der Waals surface area contributed by atoms with E-state index in [0.29, 0.717) is 12.1 Å². The first-order valence-corrected chi connectivity index (χ1v) is 6.80. The Morgan fingerprint density at radius 2 is 1.64 bits per heavy atom. The molecule has 1 N–H and O–H groups in total. The second-order valence-electron chi connectivity index (χ2n) is 4.50. The van der Waals surface area contributed by atoms with Crippen molar-refractivity contribution in [2.75, 3.05) is 0 Å². The second kappa shape index (κ2) is 5.10. The normalized spacial score (nSPS) is 11.1. The Hall–Kier alpha value is -2.41. The Bertz CT molecular complexity index is 918. The summed E-state index contributed by atoms with van der Waals surface area (Å²) in [5.41, 5.74) is -0.474. The molecule has 7 heteroatoms. The number of carboxylic acid groups (broad SMARTS) is 1. The molecule has 112 valence electrons. The van der Waals surface area contributed by atoms with E-state index >= 15 is 0 Å². The average Bonchev–Trinajstić information content (AvgIpc) is 2.81. The van der Waals surface area contributed by atoms with Gasteiger partial charge in [0.05, 0.1) is 0 Å². The van der Waals surface area contributed by atoms with Gasteiger partial charge in [0.25, 0.3) is 0 Å². The van der Waals surface area contributed by atoms with Crippen LogP contribution in [-0.4, -0.2) is 11.1 Å². The Labute approximate surface area is 125 Å². The maximum absolute atomic E-state index is 14.0. The van der Waals surface area contributed by atoms with Crippen LogP contribution < -0.4 is 0 Å². The summed E-state index contributed by atoms with van der Waals surface area (Å²) in [5.74, 6) is -5.70. The zero-order chi connectivity index (χ0) is 16.0. The van der Waals surface area contributed by atoms with Crippen molar-refractivity contribution in [1.82, 2.24) is 0 Å². The van der Waals surface area contributed by atoms with Crippen molar-refractivity contribution in [3.8, 4) is 11.1 Å². The van der Waals surface area contributed by atoms with E-state index in [0.717, 1.165) is 23.5 Å². The van der Waals surface area contributed by atoms with E-state index < -0.39 is 29.2 Å². The molecule has 3 rings (SSSR count). The molecule has 2 nitrogen and oxygen atoms in total. The lowest BCUT2D eigenvalue weighted by Gasteiger charge is -2.05. The van der Waals surface area contributed by atoms with E-state index in [-0.39, 0.29) is 26.1 Å². The standard InChI is InChI=1S/C15H6F4O2S/c16-6-1-2-7-12(3-6)22-14(15(20)21)13(7)8-4-10(18)11(19)5-9(8)17/h1-5H,(H,20,21). The van der Waals surface area contributed by atoms with Crippen LogP contribution in [0.15, 0.2) is 30.3 Å².